The molecule has 0 saturated heterocycles. The van der Waals surface area contributed by atoms with Crippen molar-refractivity contribution in [2.24, 2.45) is 0 Å². The van der Waals surface area contributed by atoms with Crippen LogP contribution in [0.25, 0.3) is 0 Å². The van der Waals surface area contributed by atoms with E-state index in [4.69, 9.17) is 0 Å². The van der Waals surface area contributed by atoms with Crippen LogP contribution in [0.5, 0.6) is 0 Å². The first-order chi connectivity index (χ1) is 15.5. The molecule has 0 aliphatic heterocycles. The molecule has 0 spiro atoms. The predicted octanol–water partition coefficient (Wildman–Crippen LogP) is 4.56. The number of hydrogen-bond acceptors (Lipinski definition) is 7. The monoisotopic (exact) mass is 470 g/mol. The van der Waals surface area contributed by atoms with Crippen molar-refractivity contribution in [1.82, 2.24) is 14.8 Å². The van der Waals surface area contributed by atoms with Gasteiger partial charge in [-0.1, -0.05) is 41.6 Å². The molecule has 0 radical (unpaired) electrons. The zero-order valence-corrected chi connectivity index (χ0v) is 20.0. The number of carbonyl (C=O) groups excluding carboxylic acids is 2. The van der Waals surface area contributed by atoms with Crippen molar-refractivity contribution >= 4 is 41.1 Å². The van der Waals surface area contributed by atoms with Crippen molar-refractivity contribution in [3.05, 3.63) is 71.0 Å². The second-order valence-corrected chi connectivity index (χ2v) is 8.96. The highest BCUT2D eigenvalue weighted by Crippen LogP contribution is 2.22. The molecule has 1 heterocycles. The van der Waals surface area contributed by atoms with Crippen molar-refractivity contribution in [3.8, 4) is 0 Å². The lowest BCUT2D eigenvalue weighted by Gasteiger charge is -2.08. The average molecular weight is 471 g/mol. The number of aryl methyl sites for hydroxylation is 1. The topological polar surface area (TPSA) is 86.1 Å². The number of esters is 1. The van der Waals surface area contributed by atoms with Crippen LogP contribution in [0.4, 0.5) is 5.69 Å². The van der Waals surface area contributed by atoms with E-state index in [1.165, 1.54) is 30.0 Å². The molecule has 0 atom stereocenters. The largest absolute Gasteiger partial charge is 0.465 e. The third-order valence-corrected chi connectivity index (χ3v) is 6.62. The van der Waals surface area contributed by atoms with Crippen LogP contribution in [0.2, 0.25) is 0 Å². The van der Waals surface area contributed by atoms with Gasteiger partial charge in [-0.05, 0) is 43.7 Å². The normalized spacial score (nSPS) is 10.7. The minimum atomic E-state index is -0.412. The molecule has 0 bridgehead atoms. The lowest BCUT2D eigenvalue weighted by Crippen LogP contribution is -2.15. The smallest absolute Gasteiger partial charge is 0.337 e. The Morgan fingerprint density at radius 3 is 2.41 bits per heavy atom. The van der Waals surface area contributed by atoms with E-state index in [1.54, 1.807) is 36.0 Å². The Kier molecular flexibility index (Phi) is 8.75. The summed E-state index contributed by atoms with van der Waals surface area (Å²) in [4.78, 5) is 23.8. The molecule has 7 nitrogen and oxygen atoms in total. The van der Waals surface area contributed by atoms with Crippen molar-refractivity contribution < 1.29 is 14.3 Å². The van der Waals surface area contributed by atoms with E-state index in [1.807, 2.05) is 11.5 Å². The number of anilines is 1. The van der Waals surface area contributed by atoms with Crippen molar-refractivity contribution in [1.29, 1.82) is 0 Å². The first-order valence-electron chi connectivity index (χ1n) is 10.2. The van der Waals surface area contributed by atoms with Gasteiger partial charge in [0.25, 0.3) is 0 Å². The fraction of sp³-hybridized carbons (Fsp3) is 0.304. The number of carbonyl (C=O) groups is 2. The summed E-state index contributed by atoms with van der Waals surface area (Å²) in [6.45, 7) is 4.87. The number of nitrogens with one attached hydrogen (secondary N) is 1. The van der Waals surface area contributed by atoms with E-state index < -0.39 is 5.97 Å². The molecule has 3 aromatic rings. The van der Waals surface area contributed by atoms with Crippen molar-refractivity contribution in [2.75, 3.05) is 18.2 Å². The number of rotatable bonds is 10. The standard InChI is InChI=1S/C23H26N4O3S2/c1-4-27-20(14-31-13-17-7-5-16(2)6-8-17)25-26-23(27)32-15-21(28)24-19-11-9-18(10-12-19)22(29)30-3/h5-12H,4,13-15H2,1-3H3,(H,24,28). The van der Waals surface area contributed by atoms with Gasteiger partial charge in [0.2, 0.25) is 5.91 Å². The fourth-order valence-electron chi connectivity index (χ4n) is 2.93. The van der Waals surface area contributed by atoms with E-state index in [0.29, 0.717) is 11.3 Å². The molecule has 0 aliphatic carbocycles. The molecule has 1 aromatic heterocycles. The summed E-state index contributed by atoms with van der Waals surface area (Å²) in [7, 11) is 1.33. The maximum Gasteiger partial charge on any atom is 0.337 e. The Morgan fingerprint density at radius 2 is 1.75 bits per heavy atom. The Labute approximate surface area is 196 Å². The second-order valence-electron chi connectivity index (χ2n) is 7.03. The molecule has 1 N–H and O–H groups in total. The summed E-state index contributed by atoms with van der Waals surface area (Å²) in [5.74, 6) is 2.23. The minimum absolute atomic E-state index is 0.151. The molecule has 0 saturated carbocycles. The summed E-state index contributed by atoms with van der Waals surface area (Å²) in [5.41, 5.74) is 3.60. The maximum absolute atomic E-state index is 12.3. The Bertz CT molecular complexity index is 1050. The first-order valence-corrected chi connectivity index (χ1v) is 12.3. The van der Waals surface area contributed by atoms with Gasteiger partial charge < -0.3 is 14.6 Å². The van der Waals surface area contributed by atoms with E-state index in [2.05, 4.69) is 51.4 Å². The average Bonchev–Trinajstić information content (AvgIpc) is 3.20. The van der Waals surface area contributed by atoms with Crippen LogP contribution in [0.1, 0.15) is 34.2 Å². The molecule has 3 rings (SSSR count). The molecule has 1 amide bonds. The summed E-state index contributed by atoms with van der Waals surface area (Å²) < 4.78 is 6.72. The first kappa shape index (κ1) is 23.9. The molecule has 2 aromatic carbocycles. The molecule has 168 valence electrons. The van der Waals surface area contributed by atoms with E-state index >= 15 is 0 Å². The van der Waals surface area contributed by atoms with Gasteiger partial charge in [0, 0.05) is 18.0 Å². The molecular weight excluding hydrogens is 444 g/mol. The summed E-state index contributed by atoms with van der Waals surface area (Å²) in [5, 5.41) is 12.2. The molecule has 0 aliphatic rings. The fourth-order valence-corrected chi connectivity index (χ4v) is 4.68. The molecule has 0 fully saturated rings. The van der Waals surface area contributed by atoms with Crippen LogP contribution in [0.3, 0.4) is 0 Å². The number of aromatic nitrogens is 3. The Morgan fingerprint density at radius 1 is 1.03 bits per heavy atom. The summed E-state index contributed by atoms with van der Waals surface area (Å²) >= 11 is 3.15. The van der Waals surface area contributed by atoms with Gasteiger partial charge in [0.05, 0.1) is 24.2 Å². The minimum Gasteiger partial charge on any atom is -0.465 e. The van der Waals surface area contributed by atoms with Crippen LogP contribution < -0.4 is 5.32 Å². The van der Waals surface area contributed by atoms with Gasteiger partial charge >= 0.3 is 5.97 Å². The molecule has 0 unspecified atom stereocenters. The van der Waals surface area contributed by atoms with Crippen LogP contribution >= 0.6 is 23.5 Å². The van der Waals surface area contributed by atoms with Crippen LogP contribution in [-0.4, -0.2) is 39.5 Å². The number of hydrogen-bond donors (Lipinski definition) is 1. The van der Waals surface area contributed by atoms with E-state index in [0.717, 1.165) is 29.0 Å². The van der Waals surface area contributed by atoms with Gasteiger partial charge in [0.1, 0.15) is 5.82 Å². The third-order valence-electron chi connectivity index (χ3n) is 4.65. The molecular formula is C23H26N4O3S2. The summed E-state index contributed by atoms with van der Waals surface area (Å²) in [6, 6.07) is 15.1. The third kappa shape index (κ3) is 6.61. The number of nitrogens with zero attached hydrogens (tertiary/aromatic N) is 3. The number of methoxy groups -OCH3 is 1. The lowest BCUT2D eigenvalue weighted by atomic mass is 10.2. The predicted molar refractivity (Wildman–Crippen MR) is 129 cm³/mol. The van der Waals surface area contributed by atoms with Gasteiger partial charge in [-0.2, -0.15) is 0 Å². The second kappa shape index (κ2) is 11.7. The van der Waals surface area contributed by atoms with Crippen molar-refractivity contribution in [3.63, 3.8) is 0 Å². The SMILES string of the molecule is CCn1c(CSCc2ccc(C)cc2)nnc1SCC(=O)Nc1ccc(C(=O)OC)cc1. The highest BCUT2D eigenvalue weighted by Gasteiger charge is 2.14. The van der Waals surface area contributed by atoms with Gasteiger partial charge in [-0.15, -0.1) is 22.0 Å². The number of thioether (sulfide) groups is 2. The maximum atomic E-state index is 12.3. The number of amides is 1. The van der Waals surface area contributed by atoms with E-state index in [9.17, 15) is 9.59 Å². The quantitative estimate of drug-likeness (QED) is 0.343. The molecule has 32 heavy (non-hydrogen) atoms. The van der Waals surface area contributed by atoms with Gasteiger partial charge in [0.15, 0.2) is 5.16 Å². The van der Waals surface area contributed by atoms with Crippen LogP contribution in [-0.2, 0) is 27.6 Å². The Balaban J connectivity index is 1.50. The van der Waals surface area contributed by atoms with Crippen LogP contribution in [0.15, 0.2) is 53.7 Å². The Hall–Kier alpha value is -2.78. The van der Waals surface area contributed by atoms with Gasteiger partial charge in [-0.3, -0.25) is 4.79 Å². The van der Waals surface area contributed by atoms with E-state index in [-0.39, 0.29) is 11.7 Å². The number of benzene rings is 2. The number of ether oxygens (including phenoxy) is 1. The van der Waals surface area contributed by atoms with Crippen LogP contribution in [0, 0.1) is 6.92 Å². The van der Waals surface area contributed by atoms with Gasteiger partial charge in [-0.25, -0.2) is 4.79 Å². The summed E-state index contributed by atoms with van der Waals surface area (Å²) in [6.07, 6.45) is 0. The highest BCUT2D eigenvalue weighted by molar-refractivity contribution is 7.99. The van der Waals surface area contributed by atoms with Crippen molar-refractivity contribution in [2.45, 2.75) is 37.1 Å². The zero-order valence-electron chi connectivity index (χ0n) is 18.3. The molecule has 9 heteroatoms. The highest BCUT2D eigenvalue weighted by atomic mass is 32.2. The lowest BCUT2D eigenvalue weighted by molar-refractivity contribution is -0.113. The zero-order chi connectivity index (χ0) is 22.9.